The molecule has 0 radical (unpaired) electrons. The number of rotatable bonds is 6. The Morgan fingerprint density at radius 3 is 2.72 bits per heavy atom. The Hall–Kier alpha value is -3.13. The first-order chi connectivity index (χ1) is 17.3. The van der Waals surface area contributed by atoms with Gasteiger partial charge in [0.25, 0.3) is 5.91 Å². The van der Waals surface area contributed by atoms with E-state index in [0.717, 1.165) is 54.0 Å². The fraction of sp³-hybridized carbons (Fsp3) is 0.429. The van der Waals surface area contributed by atoms with Crippen molar-refractivity contribution in [3.05, 3.63) is 53.8 Å². The molecule has 3 heterocycles. The highest BCUT2D eigenvalue weighted by atomic mass is 32.1. The summed E-state index contributed by atoms with van der Waals surface area (Å²) >= 11 is 1.53. The topological polar surface area (TPSA) is 65.9 Å². The van der Waals surface area contributed by atoms with E-state index in [-0.39, 0.29) is 17.7 Å². The van der Waals surface area contributed by atoms with Gasteiger partial charge >= 0.3 is 0 Å². The lowest BCUT2D eigenvalue weighted by molar-refractivity contribution is -0.132. The molecule has 3 aliphatic rings. The maximum Gasteiger partial charge on any atom is 0.255 e. The monoisotopic (exact) mass is 504 g/mol. The van der Waals surface area contributed by atoms with Crippen LogP contribution in [-0.4, -0.2) is 57.6 Å². The van der Waals surface area contributed by atoms with E-state index < -0.39 is 11.4 Å². The molecule has 8 heteroatoms. The highest BCUT2D eigenvalue weighted by Gasteiger charge is 2.42. The van der Waals surface area contributed by atoms with Crippen LogP contribution in [-0.2, 0) is 9.59 Å². The summed E-state index contributed by atoms with van der Waals surface area (Å²) in [6.45, 7) is 5.56. The number of fused-ring (bicyclic) bond motifs is 1. The van der Waals surface area contributed by atoms with Gasteiger partial charge in [-0.3, -0.25) is 19.5 Å². The number of hydrogen-bond donors (Lipinski definition) is 0. The van der Waals surface area contributed by atoms with Crippen molar-refractivity contribution in [1.29, 1.82) is 0 Å². The first-order valence-corrected chi connectivity index (χ1v) is 13.5. The predicted octanol–water partition coefficient (Wildman–Crippen LogP) is 5.12. The van der Waals surface area contributed by atoms with Crippen molar-refractivity contribution in [2.24, 2.45) is 16.8 Å². The van der Waals surface area contributed by atoms with Crippen molar-refractivity contribution in [1.82, 2.24) is 14.8 Å². The van der Waals surface area contributed by atoms with Crippen LogP contribution < -0.4 is 0 Å². The third-order valence-corrected chi connectivity index (χ3v) is 8.53. The number of benzene rings is 2. The van der Waals surface area contributed by atoms with Crippen LogP contribution >= 0.6 is 11.3 Å². The number of amides is 2. The largest absolute Gasteiger partial charge is 0.342 e. The smallest absolute Gasteiger partial charge is 0.255 e. The summed E-state index contributed by atoms with van der Waals surface area (Å²) in [7, 11) is 0. The van der Waals surface area contributed by atoms with Gasteiger partial charge in [0.15, 0.2) is 0 Å². The molecule has 1 saturated heterocycles. The molecule has 0 bridgehead atoms. The molecule has 6 nitrogen and oxygen atoms in total. The van der Waals surface area contributed by atoms with Gasteiger partial charge in [0.2, 0.25) is 5.91 Å². The number of nitrogens with zero attached hydrogens (tertiary/aromatic N) is 4. The van der Waals surface area contributed by atoms with Gasteiger partial charge in [0.05, 0.1) is 15.8 Å². The molecule has 186 valence electrons. The van der Waals surface area contributed by atoms with E-state index in [1.165, 1.54) is 17.4 Å². The van der Waals surface area contributed by atoms with Crippen molar-refractivity contribution in [3.63, 3.8) is 0 Å². The van der Waals surface area contributed by atoms with Crippen LogP contribution in [0, 0.1) is 17.7 Å². The molecule has 36 heavy (non-hydrogen) atoms. The molecular formula is C28H29FN4O2S. The van der Waals surface area contributed by atoms with E-state index >= 15 is 4.39 Å². The molecular weight excluding hydrogens is 475 g/mol. The molecule has 2 amide bonds. The highest BCUT2D eigenvalue weighted by molar-refractivity contribution is 7.21. The molecule has 1 atom stereocenters. The van der Waals surface area contributed by atoms with Crippen LogP contribution in [0.3, 0.4) is 0 Å². The molecule has 0 unspecified atom stereocenters. The predicted molar refractivity (Wildman–Crippen MR) is 139 cm³/mol. The van der Waals surface area contributed by atoms with Gasteiger partial charge in [-0.2, -0.15) is 0 Å². The molecule has 0 spiro atoms. The molecule has 2 aromatic carbocycles. The number of amidine groups is 1. The van der Waals surface area contributed by atoms with E-state index in [2.05, 4.69) is 9.98 Å². The summed E-state index contributed by atoms with van der Waals surface area (Å²) in [5.74, 6) is 0.726. The van der Waals surface area contributed by atoms with Crippen LogP contribution in [0.4, 0.5) is 4.39 Å². The third kappa shape index (κ3) is 4.21. The minimum Gasteiger partial charge on any atom is -0.342 e. The number of para-hydroxylation sites is 1. The van der Waals surface area contributed by atoms with Crippen LogP contribution in [0.5, 0.6) is 0 Å². The summed E-state index contributed by atoms with van der Waals surface area (Å²) < 4.78 is 16.5. The van der Waals surface area contributed by atoms with Gasteiger partial charge in [-0.1, -0.05) is 18.2 Å². The first kappa shape index (κ1) is 23.3. The van der Waals surface area contributed by atoms with Gasteiger partial charge in [-0.25, -0.2) is 9.37 Å². The van der Waals surface area contributed by atoms with Crippen molar-refractivity contribution in [2.45, 2.75) is 45.1 Å². The molecule has 2 fully saturated rings. The SMILES string of the molecule is CC1(C)N=C(c2ccc(-c3nc4ccccc4s3)cc2F)N(CC[C@@H]2CCN(C(=O)C3CC3)C2)C1=O. The Bertz CT molecular complexity index is 1360. The molecule has 1 aliphatic carbocycles. The van der Waals surface area contributed by atoms with E-state index in [0.29, 0.717) is 29.4 Å². The Morgan fingerprint density at radius 2 is 1.97 bits per heavy atom. The zero-order chi connectivity index (χ0) is 25.0. The van der Waals surface area contributed by atoms with Crippen LogP contribution in [0.25, 0.3) is 20.8 Å². The lowest BCUT2D eigenvalue weighted by Crippen LogP contribution is -2.41. The minimum atomic E-state index is -0.933. The van der Waals surface area contributed by atoms with Gasteiger partial charge in [-0.15, -0.1) is 11.3 Å². The second-order valence-electron chi connectivity index (χ2n) is 10.6. The summed E-state index contributed by atoms with van der Waals surface area (Å²) in [4.78, 5) is 38.5. The standard InChI is InChI=1S/C28H29FN4O2S/c1-28(2)27(35)33(14-12-17-11-13-32(16-17)26(34)18-7-8-18)24(31-28)20-10-9-19(15-21(20)29)25-30-22-5-3-4-6-23(22)36-25/h3-6,9-10,15,17-18H,7-8,11-14,16H2,1-2H3/t17-/m0/s1. The third-order valence-electron chi connectivity index (χ3n) is 7.45. The number of hydrogen-bond acceptors (Lipinski definition) is 5. The lowest BCUT2D eigenvalue weighted by atomic mass is 10.0. The highest BCUT2D eigenvalue weighted by Crippen LogP contribution is 2.35. The first-order valence-electron chi connectivity index (χ1n) is 12.7. The molecule has 3 aromatic rings. The minimum absolute atomic E-state index is 0.115. The average Bonchev–Trinajstić information content (AvgIpc) is 3.36. The number of aliphatic imine (C=N–C) groups is 1. The van der Waals surface area contributed by atoms with Gasteiger partial charge in [0.1, 0.15) is 22.2 Å². The number of aromatic nitrogens is 1. The van der Waals surface area contributed by atoms with E-state index in [9.17, 15) is 9.59 Å². The van der Waals surface area contributed by atoms with Crippen LogP contribution in [0.15, 0.2) is 47.5 Å². The molecule has 1 aromatic heterocycles. The van der Waals surface area contributed by atoms with Gasteiger partial charge in [-0.05, 0) is 69.7 Å². The Labute approximate surface area is 213 Å². The Balaban J connectivity index is 1.20. The Kier molecular flexibility index (Phi) is 5.67. The summed E-state index contributed by atoms with van der Waals surface area (Å²) in [6.07, 6.45) is 3.74. The lowest BCUT2D eigenvalue weighted by Gasteiger charge is -2.23. The summed E-state index contributed by atoms with van der Waals surface area (Å²) in [6, 6.07) is 12.9. The van der Waals surface area contributed by atoms with Gasteiger partial charge < -0.3 is 4.90 Å². The van der Waals surface area contributed by atoms with E-state index in [4.69, 9.17) is 0 Å². The molecule has 0 N–H and O–H groups in total. The average molecular weight is 505 g/mol. The number of carbonyl (C=O) groups excluding carboxylic acids is 2. The second kappa shape index (κ2) is 8.76. The quantitative estimate of drug-likeness (QED) is 0.468. The molecule has 1 saturated carbocycles. The van der Waals surface area contributed by atoms with Crippen LogP contribution in [0.2, 0.25) is 0 Å². The molecule has 6 rings (SSSR count). The molecule has 2 aliphatic heterocycles. The fourth-order valence-electron chi connectivity index (χ4n) is 5.21. The van der Waals surface area contributed by atoms with Crippen LogP contribution in [0.1, 0.15) is 45.1 Å². The summed E-state index contributed by atoms with van der Waals surface area (Å²) in [5, 5.41) is 0.759. The number of thiazole rings is 1. The zero-order valence-electron chi connectivity index (χ0n) is 20.5. The fourth-order valence-corrected chi connectivity index (χ4v) is 6.17. The number of halogens is 1. The maximum absolute atomic E-state index is 15.5. The number of carbonyl (C=O) groups is 2. The summed E-state index contributed by atoms with van der Waals surface area (Å²) in [5.41, 5.74) is 0.997. The Morgan fingerprint density at radius 1 is 1.17 bits per heavy atom. The van der Waals surface area contributed by atoms with Crippen molar-refractivity contribution in [2.75, 3.05) is 19.6 Å². The zero-order valence-corrected chi connectivity index (χ0v) is 21.4. The normalized spacial score (nSPS) is 21.5. The van der Waals surface area contributed by atoms with Crippen molar-refractivity contribution < 1.29 is 14.0 Å². The van der Waals surface area contributed by atoms with Crippen molar-refractivity contribution >= 4 is 39.2 Å². The van der Waals surface area contributed by atoms with Crippen molar-refractivity contribution in [3.8, 4) is 10.6 Å². The second-order valence-corrected chi connectivity index (χ2v) is 11.7. The van der Waals surface area contributed by atoms with Gasteiger partial charge in [0, 0.05) is 31.1 Å². The maximum atomic E-state index is 15.5. The number of likely N-dealkylation sites (tertiary alicyclic amines) is 1. The van der Waals surface area contributed by atoms with E-state index in [1.54, 1.807) is 24.8 Å². The van der Waals surface area contributed by atoms with E-state index in [1.807, 2.05) is 35.2 Å².